The number of thioether (sulfide) groups is 1. The molecule has 0 aliphatic rings. The lowest BCUT2D eigenvalue weighted by Gasteiger charge is -2.00. The van der Waals surface area contributed by atoms with E-state index in [1.54, 1.807) is 30.6 Å². The van der Waals surface area contributed by atoms with Gasteiger partial charge in [0.2, 0.25) is 17.3 Å². The predicted octanol–water partition coefficient (Wildman–Crippen LogP) is 0.786. The molecule has 0 unspecified atom stereocenters. The predicted molar refractivity (Wildman–Crippen MR) is 61.9 cm³/mol. The van der Waals surface area contributed by atoms with E-state index in [9.17, 15) is 14.4 Å². The topological polar surface area (TPSA) is 63.2 Å². The molecular formula is C11H10NO3S. The summed E-state index contributed by atoms with van der Waals surface area (Å²) in [5.41, 5.74) is 0.558. The van der Waals surface area contributed by atoms with Crippen molar-refractivity contribution >= 4 is 29.1 Å². The molecule has 1 radical (unpaired) electrons. The van der Waals surface area contributed by atoms with Crippen molar-refractivity contribution in [2.24, 2.45) is 0 Å². The molecule has 1 aromatic carbocycles. The normalized spacial score (nSPS) is 9.50. The van der Waals surface area contributed by atoms with E-state index in [0.29, 0.717) is 5.56 Å². The van der Waals surface area contributed by atoms with Crippen molar-refractivity contribution in [1.82, 2.24) is 5.32 Å². The Hall–Kier alpha value is -1.62. The number of amides is 1. The standard InChI is InChI=1S/C11H10NO3S/c13-7-6-12-10(14)8-16-11(15)9-4-2-1-3-5-9/h1-5H,6,8H2,(H,12,14). The number of benzene rings is 1. The van der Waals surface area contributed by atoms with Crippen LogP contribution in [0.2, 0.25) is 0 Å². The van der Waals surface area contributed by atoms with E-state index in [-0.39, 0.29) is 23.3 Å². The van der Waals surface area contributed by atoms with Gasteiger partial charge in [-0.1, -0.05) is 42.1 Å². The van der Waals surface area contributed by atoms with Gasteiger partial charge < -0.3 is 5.32 Å². The second kappa shape index (κ2) is 6.79. The fraction of sp³-hybridized carbons (Fsp3) is 0.182. The van der Waals surface area contributed by atoms with Gasteiger partial charge in [0.15, 0.2) is 0 Å². The van der Waals surface area contributed by atoms with Gasteiger partial charge in [-0.3, -0.25) is 14.4 Å². The molecule has 83 valence electrons. The molecule has 1 aromatic rings. The average Bonchev–Trinajstić information content (AvgIpc) is 2.34. The first kappa shape index (κ1) is 12.4. The van der Waals surface area contributed by atoms with Crippen LogP contribution < -0.4 is 5.32 Å². The number of hydrogen-bond acceptors (Lipinski definition) is 4. The van der Waals surface area contributed by atoms with Gasteiger partial charge >= 0.3 is 0 Å². The zero-order valence-corrected chi connectivity index (χ0v) is 9.25. The van der Waals surface area contributed by atoms with Crippen LogP contribution in [0.3, 0.4) is 0 Å². The van der Waals surface area contributed by atoms with Crippen LogP contribution in [-0.4, -0.2) is 29.6 Å². The minimum absolute atomic E-state index is 0.00933. The van der Waals surface area contributed by atoms with Gasteiger partial charge in [0.05, 0.1) is 12.3 Å². The lowest BCUT2D eigenvalue weighted by Crippen LogP contribution is -2.27. The summed E-state index contributed by atoms with van der Waals surface area (Å²) >= 11 is 0.907. The summed E-state index contributed by atoms with van der Waals surface area (Å²) < 4.78 is 0. The van der Waals surface area contributed by atoms with Crippen LogP contribution in [0, 0.1) is 0 Å². The zero-order chi connectivity index (χ0) is 11.8. The fourth-order valence-corrected chi connectivity index (χ4v) is 1.64. The molecule has 0 aliphatic carbocycles. The van der Waals surface area contributed by atoms with Gasteiger partial charge in [-0.2, -0.15) is 0 Å². The molecule has 0 aliphatic heterocycles. The third-order valence-corrected chi connectivity index (χ3v) is 2.61. The molecule has 0 spiro atoms. The van der Waals surface area contributed by atoms with Crippen molar-refractivity contribution < 1.29 is 14.4 Å². The monoisotopic (exact) mass is 236 g/mol. The van der Waals surface area contributed by atoms with Crippen molar-refractivity contribution in [3.05, 3.63) is 35.9 Å². The molecule has 1 amide bonds. The Bertz CT molecular complexity index is 378. The van der Waals surface area contributed by atoms with E-state index in [1.807, 2.05) is 6.07 Å². The van der Waals surface area contributed by atoms with Gasteiger partial charge in [0.25, 0.3) is 0 Å². The lowest BCUT2D eigenvalue weighted by molar-refractivity contribution is -0.118. The Morgan fingerprint density at radius 1 is 1.25 bits per heavy atom. The molecule has 4 nitrogen and oxygen atoms in total. The maximum atomic E-state index is 11.5. The highest BCUT2D eigenvalue weighted by atomic mass is 32.2. The summed E-state index contributed by atoms with van der Waals surface area (Å²) in [5.74, 6) is -0.340. The van der Waals surface area contributed by atoms with Crippen LogP contribution >= 0.6 is 11.8 Å². The van der Waals surface area contributed by atoms with Crippen LogP contribution in [0.25, 0.3) is 0 Å². The SMILES string of the molecule is O=[C]CNC(=O)CSC(=O)c1ccccc1. The first-order chi connectivity index (χ1) is 7.74. The smallest absolute Gasteiger partial charge is 0.230 e. The van der Waals surface area contributed by atoms with E-state index in [4.69, 9.17) is 0 Å². The maximum Gasteiger partial charge on any atom is 0.230 e. The van der Waals surface area contributed by atoms with E-state index in [2.05, 4.69) is 5.32 Å². The molecular weight excluding hydrogens is 226 g/mol. The van der Waals surface area contributed by atoms with E-state index < -0.39 is 0 Å². The third kappa shape index (κ3) is 4.27. The van der Waals surface area contributed by atoms with Crippen molar-refractivity contribution in [2.75, 3.05) is 12.3 Å². The number of rotatable bonds is 5. The van der Waals surface area contributed by atoms with Crippen LogP contribution in [-0.2, 0) is 9.59 Å². The molecule has 0 bridgehead atoms. The third-order valence-electron chi connectivity index (χ3n) is 1.70. The van der Waals surface area contributed by atoms with Crippen LogP contribution in [0.15, 0.2) is 30.3 Å². The first-order valence-corrected chi connectivity index (χ1v) is 5.56. The molecule has 0 atom stereocenters. The molecule has 0 saturated heterocycles. The molecule has 1 rings (SSSR count). The average molecular weight is 236 g/mol. The molecule has 0 fully saturated rings. The summed E-state index contributed by atoms with van der Waals surface area (Å²) in [5, 5.41) is 2.14. The van der Waals surface area contributed by atoms with E-state index >= 15 is 0 Å². The molecule has 16 heavy (non-hydrogen) atoms. The Kier molecular flexibility index (Phi) is 5.28. The van der Waals surface area contributed by atoms with Crippen molar-refractivity contribution in [1.29, 1.82) is 0 Å². The van der Waals surface area contributed by atoms with E-state index in [1.165, 1.54) is 0 Å². The van der Waals surface area contributed by atoms with Crippen molar-refractivity contribution in [2.45, 2.75) is 0 Å². The van der Waals surface area contributed by atoms with Crippen molar-refractivity contribution in [3.63, 3.8) is 0 Å². The highest BCUT2D eigenvalue weighted by Gasteiger charge is 2.08. The van der Waals surface area contributed by atoms with Crippen molar-refractivity contribution in [3.8, 4) is 0 Å². The second-order valence-electron chi connectivity index (χ2n) is 2.86. The highest BCUT2D eigenvalue weighted by Crippen LogP contribution is 2.11. The minimum Gasteiger partial charge on any atom is -0.348 e. The Morgan fingerprint density at radius 3 is 2.56 bits per heavy atom. The minimum atomic E-state index is -0.349. The maximum absolute atomic E-state index is 11.5. The summed E-state index contributed by atoms with van der Waals surface area (Å²) in [6.07, 6.45) is 1.54. The molecule has 0 saturated carbocycles. The number of hydrogen-bond donors (Lipinski definition) is 1. The van der Waals surface area contributed by atoms with Crippen LogP contribution in [0.5, 0.6) is 0 Å². The van der Waals surface area contributed by atoms with Crippen LogP contribution in [0.1, 0.15) is 10.4 Å². The largest absolute Gasteiger partial charge is 0.348 e. The van der Waals surface area contributed by atoms with Gasteiger partial charge in [0, 0.05) is 5.56 Å². The zero-order valence-electron chi connectivity index (χ0n) is 8.43. The van der Waals surface area contributed by atoms with Gasteiger partial charge in [-0.15, -0.1) is 0 Å². The number of nitrogens with one attached hydrogen (secondary N) is 1. The molecule has 0 aromatic heterocycles. The quantitative estimate of drug-likeness (QED) is 0.820. The Morgan fingerprint density at radius 2 is 1.94 bits per heavy atom. The number of carbonyl (C=O) groups is 2. The molecule has 0 heterocycles. The summed E-state index contributed by atoms with van der Waals surface area (Å²) in [6.45, 7) is -0.140. The Balaban J connectivity index is 2.36. The number of carbonyl (C=O) groups excluding carboxylic acids is 3. The second-order valence-corrected chi connectivity index (χ2v) is 3.81. The van der Waals surface area contributed by atoms with Crippen LogP contribution in [0.4, 0.5) is 0 Å². The van der Waals surface area contributed by atoms with Gasteiger partial charge in [-0.25, -0.2) is 0 Å². The summed E-state index contributed by atoms with van der Waals surface area (Å²) in [6, 6.07) is 8.71. The highest BCUT2D eigenvalue weighted by molar-refractivity contribution is 8.14. The van der Waals surface area contributed by atoms with Gasteiger partial charge in [0.1, 0.15) is 0 Å². The molecule has 1 N–H and O–H groups in total. The lowest BCUT2D eigenvalue weighted by atomic mass is 10.2. The molecule has 5 heteroatoms. The summed E-state index contributed by atoms with van der Waals surface area (Å²) in [4.78, 5) is 32.5. The fourth-order valence-electron chi connectivity index (χ4n) is 0.974. The van der Waals surface area contributed by atoms with Gasteiger partial charge in [-0.05, 0) is 0 Å². The van der Waals surface area contributed by atoms with E-state index in [0.717, 1.165) is 11.8 Å². The summed E-state index contributed by atoms with van der Waals surface area (Å²) in [7, 11) is 0. The Labute approximate surface area is 97.4 Å². The first-order valence-electron chi connectivity index (χ1n) is 4.58.